The number of rotatable bonds is 13. The quantitative estimate of drug-likeness (QED) is 0.0449. The van der Waals surface area contributed by atoms with E-state index in [2.05, 4.69) is 98.5 Å². The SMILES string of the molecule is C=C(C#Cc1cc(Cl)ccc1OC)N1CCN(c2ncccc2[N+](=O)[O-])CC1.C=C(C#Cc1cc(F)ccc1F)N1CCN(c2ncccc2[N+](=O)[O-])CC1.C=C(C#Cc1ccc(Cl)cc1F)N1CCN(c2ncccc2[N+](=O)[O-])CC1.C=C(C#Cc1ccc(F)c(C)c1)N1CCN(c2ncccc2[N+](=O)[O-])CC1. The van der Waals surface area contributed by atoms with Crippen molar-refractivity contribution < 1.29 is 42.0 Å². The van der Waals surface area contributed by atoms with Gasteiger partial charge in [0.1, 0.15) is 29.0 Å². The molecule has 558 valence electrons. The number of allylic oxidation sites excluding steroid dienone is 4. The van der Waals surface area contributed by atoms with Crippen LogP contribution in [-0.2, 0) is 0 Å². The minimum Gasteiger partial charge on any atom is -0.495 e. The normalized spacial score (nSPS) is 13.7. The lowest BCUT2D eigenvalue weighted by molar-refractivity contribution is -0.384. The van der Waals surface area contributed by atoms with E-state index in [-0.39, 0.29) is 39.7 Å². The third kappa shape index (κ3) is 22.0. The molecule has 0 bridgehead atoms. The van der Waals surface area contributed by atoms with Crippen molar-refractivity contribution in [3.8, 4) is 53.1 Å². The van der Waals surface area contributed by atoms with E-state index in [1.165, 1.54) is 54.7 Å². The Morgan fingerprint density at radius 2 is 0.743 bits per heavy atom. The minimum absolute atomic E-state index is 0.0104. The predicted molar refractivity (Wildman–Crippen MR) is 410 cm³/mol. The molecule has 0 saturated carbocycles. The van der Waals surface area contributed by atoms with Crippen molar-refractivity contribution in [2.45, 2.75) is 6.92 Å². The van der Waals surface area contributed by atoms with E-state index in [0.29, 0.717) is 178 Å². The number of ether oxygens (including phenoxy) is 1. The van der Waals surface area contributed by atoms with Crippen LogP contribution in [0.15, 0.2) is 195 Å². The summed E-state index contributed by atoms with van der Waals surface area (Å²) in [5.74, 6) is 23.4. The van der Waals surface area contributed by atoms with E-state index < -0.39 is 37.1 Å². The number of pyridine rings is 4. The molecule has 0 radical (unpaired) electrons. The largest absolute Gasteiger partial charge is 0.495 e. The smallest absolute Gasteiger partial charge is 0.311 e. The highest BCUT2D eigenvalue weighted by molar-refractivity contribution is 6.31. The van der Waals surface area contributed by atoms with Gasteiger partial charge in [-0.2, -0.15) is 0 Å². The summed E-state index contributed by atoms with van der Waals surface area (Å²) < 4.78 is 59.2. The van der Waals surface area contributed by atoms with Crippen LogP contribution in [0.1, 0.15) is 27.8 Å². The molecule has 4 aliphatic heterocycles. The van der Waals surface area contributed by atoms with Gasteiger partial charge < -0.3 is 43.9 Å². The van der Waals surface area contributed by atoms with E-state index >= 15 is 0 Å². The highest BCUT2D eigenvalue weighted by Gasteiger charge is 2.29. The van der Waals surface area contributed by atoms with Crippen molar-refractivity contribution in [1.82, 2.24) is 39.5 Å². The fourth-order valence-electron chi connectivity index (χ4n) is 11.4. The third-order valence-corrected chi connectivity index (χ3v) is 17.7. The summed E-state index contributed by atoms with van der Waals surface area (Å²) in [5, 5.41) is 45.6. The molecule has 0 N–H and O–H groups in total. The monoisotopic (exact) mass is 1520 g/mol. The van der Waals surface area contributed by atoms with Gasteiger partial charge in [-0.05, 0) is 133 Å². The Bertz CT molecular complexity index is 5040. The van der Waals surface area contributed by atoms with Gasteiger partial charge in [-0.15, -0.1) is 0 Å². The summed E-state index contributed by atoms with van der Waals surface area (Å²) in [6, 6.07) is 29.4. The first-order valence-electron chi connectivity index (χ1n) is 33.6. The topological polar surface area (TPSA) is 259 Å². The van der Waals surface area contributed by atoms with Gasteiger partial charge in [-0.1, -0.05) is 73.2 Å². The van der Waals surface area contributed by atoms with Crippen molar-refractivity contribution in [2.75, 3.05) is 131 Å². The Balaban J connectivity index is 0.000000167. The average Bonchev–Trinajstić information content (AvgIpc) is 0.832. The van der Waals surface area contributed by atoms with E-state index in [1.54, 1.807) is 87.2 Å². The maximum Gasteiger partial charge on any atom is 0.311 e. The second-order valence-corrected chi connectivity index (χ2v) is 25.0. The number of anilines is 4. The van der Waals surface area contributed by atoms with Crippen LogP contribution in [0, 0.1) is 118 Å². The van der Waals surface area contributed by atoms with Crippen LogP contribution >= 0.6 is 23.2 Å². The number of halogens is 6. The van der Waals surface area contributed by atoms with Crippen LogP contribution < -0.4 is 24.3 Å². The molecule has 4 aromatic heterocycles. The molecule has 25 nitrogen and oxygen atoms in total. The Morgan fingerprint density at radius 1 is 0.404 bits per heavy atom. The molecule has 109 heavy (non-hydrogen) atoms. The maximum absolute atomic E-state index is 13.8. The van der Waals surface area contributed by atoms with E-state index in [0.717, 1.165) is 23.8 Å². The summed E-state index contributed by atoms with van der Waals surface area (Å²) in [4.78, 5) is 75.1. The highest BCUT2D eigenvalue weighted by Crippen LogP contribution is 2.31. The molecule has 4 fully saturated rings. The number of aryl methyl sites for hydroxylation is 1. The fraction of sp³-hybridized carbons (Fsp3) is 0.231. The standard InChI is InChI=1S/C20H19ClN4O3.C20H19FN4O2.C19H16ClFN4O2.C19H16F2N4O2/c1-15(5-6-16-14-17(21)7-8-19(16)28-2)23-10-12-24(13-11-23)20-18(25(26)27)4-3-9-22-20;1-15-14-17(7-8-18(15)21)6-5-16(2)23-10-12-24(13-11-23)20-19(25(26)27)4-3-9-22-20;1-14(4-5-15-6-7-16(20)13-17(15)21)23-9-11-24(12-10-23)19-18(25(26)27)3-2-8-22-19;1-14(4-5-15-13-16(20)6-7-17(15)21)23-9-11-24(12-10-23)19-18(25(26)27)3-2-8-22-19/h3-4,7-9,14H,1,10-13H2,2H3;3-4,7-9,14H,2,10-13H2,1H3;2*2-3,6-8,13H,1,9-12H2. The van der Waals surface area contributed by atoms with Gasteiger partial charge in [0.05, 0.1) is 66.3 Å². The second-order valence-electron chi connectivity index (χ2n) is 24.2. The van der Waals surface area contributed by atoms with Crippen LogP contribution in [-0.4, -0.2) is 171 Å². The highest BCUT2D eigenvalue weighted by atomic mass is 35.5. The lowest BCUT2D eigenvalue weighted by Crippen LogP contribution is -2.46. The second kappa shape index (κ2) is 38.2. The first kappa shape index (κ1) is 79.9. The lowest BCUT2D eigenvalue weighted by Gasteiger charge is -2.35. The zero-order valence-corrected chi connectivity index (χ0v) is 60.6. The summed E-state index contributed by atoms with van der Waals surface area (Å²) in [6.07, 6.45) is 6.19. The molecule has 0 aliphatic carbocycles. The van der Waals surface area contributed by atoms with Crippen molar-refractivity contribution in [2.24, 2.45) is 0 Å². The molecular formula is C78H70Cl2F4N16O9. The molecule has 0 spiro atoms. The number of nitrogens with zero attached hydrogens (tertiary/aromatic N) is 16. The van der Waals surface area contributed by atoms with Crippen molar-refractivity contribution in [3.05, 3.63) is 297 Å². The number of hydrogen-bond donors (Lipinski definition) is 0. The van der Waals surface area contributed by atoms with Gasteiger partial charge in [0.2, 0.25) is 23.3 Å². The first-order chi connectivity index (χ1) is 52.3. The summed E-state index contributed by atoms with van der Waals surface area (Å²) in [7, 11) is 1.58. The zero-order valence-electron chi connectivity index (χ0n) is 59.1. The van der Waals surface area contributed by atoms with E-state index in [1.807, 2.05) is 34.3 Å². The van der Waals surface area contributed by atoms with Crippen molar-refractivity contribution >= 4 is 69.2 Å². The molecule has 31 heteroatoms. The molecule has 0 amide bonds. The fourth-order valence-corrected chi connectivity index (χ4v) is 11.7. The van der Waals surface area contributed by atoms with Gasteiger partial charge in [-0.25, -0.2) is 37.5 Å². The van der Waals surface area contributed by atoms with Gasteiger partial charge in [0.25, 0.3) is 0 Å². The van der Waals surface area contributed by atoms with Gasteiger partial charge >= 0.3 is 22.7 Å². The predicted octanol–water partition coefficient (Wildman–Crippen LogP) is 12.9. The Kier molecular flexibility index (Phi) is 28.0. The van der Waals surface area contributed by atoms with Crippen LogP contribution in [0.25, 0.3) is 0 Å². The van der Waals surface area contributed by atoms with Gasteiger partial charge in [0, 0.05) is 169 Å². The molecular weight excluding hydrogens is 1450 g/mol. The number of nitro groups is 4. The van der Waals surface area contributed by atoms with Crippen molar-refractivity contribution in [1.29, 1.82) is 0 Å². The third-order valence-electron chi connectivity index (χ3n) is 17.2. The molecule has 4 aliphatic rings. The Labute approximate surface area is 635 Å². The van der Waals surface area contributed by atoms with Gasteiger partial charge in [-0.3, -0.25) is 40.5 Å². The van der Waals surface area contributed by atoms with Crippen LogP contribution in [0.2, 0.25) is 10.0 Å². The molecule has 4 saturated heterocycles. The number of aromatic nitrogens is 4. The molecule has 4 aromatic carbocycles. The van der Waals surface area contributed by atoms with Gasteiger partial charge in [0.15, 0.2) is 0 Å². The number of benzene rings is 4. The average molecular weight is 1520 g/mol. The molecule has 8 heterocycles. The van der Waals surface area contributed by atoms with Crippen LogP contribution in [0.4, 0.5) is 63.6 Å². The maximum atomic E-state index is 13.8. The summed E-state index contributed by atoms with van der Waals surface area (Å²) in [6.45, 7) is 26.9. The Hall–Kier alpha value is -13.2. The van der Waals surface area contributed by atoms with Crippen LogP contribution in [0.5, 0.6) is 5.75 Å². The summed E-state index contributed by atoms with van der Waals surface area (Å²) >= 11 is 11.8. The number of methoxy groups -OCH3 is 1. The zero-order chi connectivity index (χ0) is 78.3. The minimum atomic E-state index is -0.594. The Morgan fingerprint density at radius 3 is 1.10 bits per heavy atom. The lowest BCUT2D eigenvalue weighted by atomic mass is 10.1. The molecule has 0 atom stereocenters. The van der Waals surface area contributed by atoms with Crippen LogP contribution in [0.3, 0.4) is 0 Å². The molecule has 0 unspecified atom stereocenters. The molecule has 12 rings (SSSR count). The van der Waals surface area contributed by atoms with Crippen molar-refractivity contribution in [3.63, 3.8) is 0 Å². The van der Waals surface area contributed by atoms with E-state index in [4.69, 9.17) is 27.9 Å². The molecule has 8 aromatic rings. The number of hydrogen-bond acceptors (Lipinski definition) is 21. The van der Waals surface area contributed by atoms with E-state index in [9.17, 15) is 58.0 Å². The first-order valence-corrected chi connectivity index (χ1v) is 34.3. The summed E-state index contributed by atoms with van der Waals surface area (Å²) in [5.41, 5.74) is 4.59. The number of piperazine rings is 4.